The Hall–Kier alpha value is -4.75. The Labute approximate surface area is 301 Å². The predicted molar refractivity (Wildman–Crippen MR) is 199 cm³/mol. The van der Waals surface area contributed by atoms with Gasteiger partial charge < -0.3 is 26.6 Å². The number of nitrogens with one attached hydrogen (secondary N) is 5. The number of carbonyl (C=O) groups excluding carboxylic acids is 4. The summed E-state index contributed by atoms with van der Waals surface area (Å²) in [7, 11) is -2.36. The standard InChI is InChI=1S/C38H50N6O6S/c1-7-39-37(48)33(25(2)3)42-34(45)26(4)40-24-31(20-27-14-10-8-11-15-27)41-35(46)28-21-29(23-32(22-28)44(5)51(6,49)50)36(47)43-38(18-19-38)30-16-12-9-13-17-30/h8-17,21-23,25-26,31,33,40H,7,18-20,24H2,1-6H3,(H,39,48)(H,41,46)(H,42,45)(H,43,47)/t26-,31-,33-/m0/s1. The van der Waals surface area contributed by atoms with Crippen molar-refractivity contribution in [3.8, 4) is 0 Å². The minimum Gasteiger partial charge on any atom is -0.355 e. The van der Waals surface area contributed by atoms with Crippen LogP contribution in [-0.2, 0) is 31.6 Å². The van der Waals surface area contributed by atoms with E-state index in [2.05, 4.69) is 26.6 Å². The highest BCUT2D eigenvalue weighted by Crippen LogP contribution is 2.45. The van der Waals surface area contributed by atoms with Crippen LogP contribution in [0.15, 0.2) is 78.9 Å². The molecule has 3 aromatic carbocycles. The average Bonchev–Trinajstić information content (AvgIpc) is 3.89. The summed E-state index contributed by atoms with van der Waals surface area (Å²) >= 11 is 0. The van der Waals surface area contributed by atoms with Crippen molar-refractivity contribution >= 4 is 39.3 Å². The molecule has 1 fully saturated rings. The molecule has 5 N–H and O–H groups in total. The fourth-order valence-electron chi connectivity index (χ4n) is 5.75. The van der Waals surface area contributed by atoms with Crippen molar-refractivity contribution in [2.24, 2.45) is 5.92 Å². The van der Waals surface area contributed by atoms with Gasteiger partial charge in [0.05, 0.1) is 23.5 Å². The molecule has 0 bridgehead atoms. The summed E-state index contributed by atoms with van der Waals surface area (Å²) in [6.07, 6.45) is 2.98. The van der Waals surface area contributed by atoms with Gasteiger partial charge in [-0.2, -0.15) is 0 Å². The molecular formula is C38H50N6O6S. The normalized spacial score (nSPS) is 15.2. The van der Waals surface area contributed by atoms with Gasteiger partial charge in [-0.25, -0.2) is 8.42 Å². The van der Waals surface area contributed by atoms with Gasteiger partial charge >= 0.3 is 0 Å². The van der Waals surface area contributed by atoms with Crippen molar-refractivity contribution in [3.63, 3.8) is 0 Å². The van der Waals surface area contributed by atoms with Crippen LogP contribution >= 0.6 is 0 Å². The Bertz CT molecular complexity index is 1800. The summed E-state index contributed by atoms with van der Waals surface area (Å²) in [6, 6.07) is 21.6. The smallest absolute Gasteiger partial charge is 0.252 e. The number of likely N-dealkylation sites (N-methyl/N-ethyl adjacent to an activating group) is 1. The minimum atomic E-state index is -3.72. The second kappa shape index (κ2) is 17.0. The Morgan fingerprint density at radius 2 is 1.41 bits per heavy atom. The number of anilines is 1. The molecule has 0 radical (unpaired) electrons. The largest absolute Gasteiger partial charge is 0.355 e. The van der Waals surface area contributed by atoms with E-state index >= 15 is 0 Å². The van der Waals surface area contributed by atoms with Crippen LogP contribution in [0, 0.1) is 5.92 Å². The highest BCUT2D eigenvalue weighted by molar-refractivity contribution is 7.92. The lowest BCUT2D eigenvalue weighted by Gasteiger charge is -2.26. The third-order valence-electron chi connectivity index (χ3n) is 9.05. The highest BCUT2D eigenvalue weighted by atomic mass is 32.2. The molecule has 1 saturated carbocycles. The average molecular weight is 719 g/mol. The number of nitrogens with zero attached hydrogens (tertiary/aromatic N) is 1. The molecule has 274 valence electrons. The molecule has 0 unspecified atom stereocenters. The van der Waals surface area contributed by atoms with Gasteiger partial charge in [-0.1, -0.05) is 74.5 Å². The fourth-order valence-corrected chi connectivity index (χ4v) is 6.24. The van der Waals surface area contributed by atoms with Crippen molar-refractivity contribution in [1.82, 2.24) is 26.6 Å². The van der Waals surface area contributed by atoms with Crippen LogP contribution in [0.25, 0.3) is 0 Å². The van der Waals surface area contributed by atoms with E-state index in [0.717, 1.165) is 34.5 Å². The van der Waals surface area contributed by atoms with Crippen LogP contribution in [0.1, 0.15) is 72.4 Å². The van der Waals surface area contributed by atoms with Crippen molar-refractivity contribution in [2.45, 2.75) is 70.6 Å². The zero-order valence-corrected chi connectivity index (χ0v) is 31.0. The van der Waals surface area contributed by atoms with Crippen molar-refractivity contribution in [3.05, 3.63) is 101 Å². The minimum absolute atomic E-state index is 0.100. The van der Waals surface area contributed by atoms with E-state index in [1.165, 1.54) is 25.2 Å². The van der Waals surface area contributed by atoms with E-state index in [9.17, 15) is 27.6 Å². The van der Waals surface area contributed by atoms with Crippen molar-refractivity contribution in [2.75, 3.05) is 30.7 Å². The third-order valence-corrected chi connectivity index (χ3v) is 10.3. The van der Waals surface area contributed by atoms with Gasteiger partial charge in [-0.15, -0.1) is 0 Å². The van der Waals surface area contributed by atoms with Crippen LogP contribution in [0.3, 0.4) is 0 Å². The molecule has 0 aliphatic heterocycles. The zero-order chi connectivity index (χ0) is 37.3. The first-order chi connectivity index (χ1) is 24.1. The third kappa shape index (κ3) is 10.6. The van der Waals surface area contributed by atoms with E-state index in [1.807, 2.05) is 81.4 Å². The zero-order valence-electron chi connectivity index (χ0n) is 30.2. The topological polar surface area (TPSA) is 166 Å². The van der Waals surface area contributed by atoms with E-state index in [4.69, 9.17) is 0 Å². The van der Waals surface area contributed by atoms with Crippen LogP contribution in [0.4, 0.5) is 5.69 Å². The van der Waals surface area contributed by atoms with Crippen LogP contribution in [-0.4, -0.2) is 76.6 Å². The van der Waals surface area contributed by atoms with Crippen molar-refractivity contribution in [1.29, 1.82) is 0 Å². The van der Waals surface area contributed by atoms with Crippen LogP contribution < -0.4 is 30.9 Å². The quantitative estimate of drug-likeness (QED) is 0.143. The Morgan fingerprint density at radius 3 is 1.96 bits per heavy atom. The second-order valence-corrected chi connectivity index (χ2v) is 15.5. The molecular weight excluding hydrogens is 669 g/mol. The molecule has 1 aliphatic carbocycles. The summed E-state index contributed by atoms with van der Waals surface area (Å²) < 4.78 is 26.1. The highest BCUT2D eigenvalue weighted by Gasteiger charge is 2.45. The molecule has 4 rings (SSSR count). The maximum Gasteiger partial charge on any atom is 0.252 e. The maximum absolute atomic E-state index is 13.9. The number of rotatable bonds is 17. The molecule has 13 heteroatoms. The summed E-state index contributed by atoms with van der Waals surface area (Å²) in [5, 5.41) is 14.9. The summed E-state index contributed by atoms with van der Waals surface area (Å²) in [5.74, 6) is -1.69. The number of hydrogen-bond donors (Lipinski definition) is 5. The summed E-state index contributed by atoms with van der Waals surface area (Å²) in [6.45, 7) is 7.85. The van der Waals surface area contributed by atoms with E-state index in [-0.39, 0.29) is 41.1 Å². The van der Waals surface area contributed by atoms with Gasteiger partial charge in [0.2, 0.25) is 21.8 Å². The second-order valence-electron chi connectivity index (χ2n) is 13.5. The van der Waals surface area contributed by atoms with Gasteiger partial charge in [-0.05, 0) is 68.4 Å². The van der Waals surface area contributed by atoms with Gasteiger partial charge in [0, 0.05) is 37.3 Å². The molecule has 3 aromatic rings. The monoisotopic (exact) mass is 718 g/mol. The molecule has 0 spiro atoms. The number of sulfonamides is 1. The molecule has 4 amide bonds. The molecule has 0 heterocycles. The lowest BCUT2D eigenvalue weighted by molar-refractivity contribution is -0.130. The molecule has 12 nitrogen and oxygen atoms in total. The van der Waals surface area contributed by atoms with Gasteiger partial charge in [0.1, 0.15) is 6.04 Å². The number of amides is 4. The Morgan fingerprint density at radius 1 is 0.824 bits per heavy atom. The van der Waals surface area contributed by atoms with Crippen molar-refractivity contribution < 1.29 is 27.6 Å². The van der Waals surface area contributed by atoms with Crippen LogP contribution in [0.5, 0.6) is 0 Å². The molecule has 0 saturated heterocycles. The number of carbonyl (C=O) groups is 4. The summed E-state index contributed by atoms with van der Waals surface area (Å²) in [4.78, 5) is 53.3. The first kappa shape index (κ1) is 39.0. The Kier molecular flexibility index (Phi) is 13.0. The summed E-state index contributed by atoms with van der Waals surface area (Å²) in [5.41, 5.74) is 1.80. The Balaban J connectivity index is 1.56. The van der Waals surface area contributed by atoms with E-state index in [0.29, 0.717) is 13.0 Å². The first-order valence-electron chi connectivity index (χ1n) is 17.3. The lowest BCUT2D eigenvalue weighted by Crippen LogP contribution is -2.55. The van der Waals surface area contributed by atoms with Gasteiger partial charge in [0.15, 0.2) is 0 Å². The SMILES string of the molecule is CCNC(=O)[C@@H](NC(=O)[C@H](C)NC[C@H](Cc1ccccc1)NC(=O)c1cc(C(=O)NC2(c3ccccc3)CC2)cc(N(C)S(C)(=O)=O)c1)C(C)C. The molecule has 0 aromatic heterocycles. The predicted octanol–water partition coefficient (Wildman–Crippen LogP) is 3.10. The molecule has 1 aliphatic rings. The fraction of sp³-hybridized carbons (Fsp3) is 0.421. The number of hydrogen-bond acceptors (Lipinski definition) is 7. The van der Waals surface area contributed by atoms with Gasteiger partial charge in [-0.3, -0.25) is 23.5 Å². The van der Waals surface area contributed by atoms with Crippen LogP contribution in [0.2, 0.25) is 0 Å². The maximum atomic E-state index is 13.9. The van der Waals surface area contributed by atoms with Gasteiger partial charge in [0.25, 0.3) is 11.8 Å². The first-order valence-corrected chi connectivity index (χ1v) is 19.1. The lowest BCUT2D eigenvalue weighted by atomic mass is 10.0. The molecule has 51 heavy (non-hydrogen) atoms. The molecule has 3 atom stereocenters. The van der Waals surface area contributed by atoms with E-state index in [1.54, 1.807) is 6.92 Å². The number of benzene rings is 3. The van der Waals surface area contributed by atoms with E-state index < -0.39 is 45.5 Å².